The molecule has 6 nitrogen and oxygen atoms in total. The zero-order valence-corrected chi connectivity index (χ0v) is 15.2. The first-order valence-corrected chi connectivity index (χ1v) is 8.82. The predicted octanol–water partition coefficient (Wildman–Crippen LogP) is 2.67. The van der Waals surface area contributed by atoms with Gasteiger partial charge in [-0.15, -0.1) is 0 Å². The normalized spacial score (nSPS) is 17.0. The molecule has 2 heterocycles. The van der Waals surface area contributed by atoms with E-state index in [1.807, 2.05) is 53.2 Å². The summed E-state index contributed by atoms with van der Waals surface area (Å²) in [5.74, 6) is 0.0898. The van der Waals surface area contributed by atoms with Gasteiger partial charge >= 0.3 is 0 Å². The van der Waals surface area contributed by atoms with E-state index in [-0.39, 0.29) is 17.9 Å². The highest BCUT2D eigenvalue weighted by Gasteiger charge is 2.28. The molecule has 1 aromatic heterocycles. The number of rotatable bonds is 6. The first-order chi connectivity index (χ1) is 12.5. The van der Waals surface area contributed by atoms with Crippen LogP contribution >= 0.6 is 0 Å². The van der Waals surface area contributed by atoms with Gasteiger partial charge in [0.15, 0.2) is 0 Å². The second-order valence-corrected chi connectivity index (χ2v) is 6.77. The smallest absolute Gasteiger partial charge is 0.238 e. The van der Waals surface area contributed by atoms with E-state index in [4.69, 9.17) is 0 Å². The molecule has 0 radical (unpaired) electrons. The number of carbonyl (C=O) groups excluding carboxylic acids is 2. The highest BCUT2D eigenvalue weighted by Crippen LogP contribution is 2.27. The molecule has 1 fully saturated rings. The van der Waals surface area contributed by atoms with E-state index in [0.717, 1.165) is 23.4 Å². The molecule has 0 bridgehead atoms. The molecular weight excluding hydrogens is 328 g/mol. The first-order valence-electron chi connectivity index (χ1n) is 8.82. The van der Waals surface area contributed by atoms with Crippen LogP contribution in [-0.4, -0.2) is 41.3 Å². The van der Waals surface area contributed by atoms with Gasteiger partial charge in [0.2, 0.25) is 11.8 Å². The highest BCUT2D eigenvalue weighted by molar-refractivity contribution is 5.97. The second kappa shape index (κ2) is 8.10. The SMILES string of the molecule is CC1CCC(=O)N1c1ccc(NC(=O)CN(C)Cc2ccncc2)cc1. The third-order valence-electron chi connectivity index (χ3n) is 4.53. The molecular formula is C20H24N4O2. The molecule has 26 heavy (non-hydrogen) atoms. The van der Waals surface area contributed by atoms with Crippen LogP contribution in [0.3, 0.4) is 0 Å². The van der Waals surface area contributed by atoms with Crippen LogP contribution < -0.4 is 10.2 Å². The van der Waals surface area contributed by atoms with Gasteiger partial charge in [0.25, 0.3) is 0 Å². The van der Waals surface area contributed by atoms with Gasteiger partial charge < -0.3 is 10.2 Å². The van der Waals surface area contributed by atoms with E-state index in [2.05, 4.69) is 17.2 Å². The molecule has 0 spiro atoms. The Morgan fingerprint density at radius 1 is 1.23 bits per heavy atom. The number of pyridine rings is 1. The number of amides is 2. The number of carbonyl (C=O) groups is 2. The van der Waals surface area contributed by atoms with Gasteiger partial charge in [-0.3, -0.25) is 19.5 Å². The molecule has 1 unspecified atom stereocenters. The monoisotopic (exact) mass is 352 g/mol. The van der Waals surface area contributed by atoms with Crippen molar-refractivity contribution in [3.05, 3.63) is 54.4 Å². The maximum atomic E-state index is 12.2. The molecule has 0 saturated carbocycles. The van der Waals surface area contributed by atoms with E-state index in [9.17, 15) is 9.59 Å². The molecule has 1 saturated heterocycles. The number of hydrogen-bond donors (Lipinski definition) is 1. The highest BCUT2D eigenvalue weighted by atomic mass is 16.2. The number of nitrogens with one attached hydrogen (secondary N) is 1. The fraction of sp³-hybridized carbons (Fsp3) is 0.350. The van der Waals surface area contributed by atoms with Gasteiger partial charge in [0.05, 0.1) is 6.54 Å². The molecule has 1 aliphatic rings. The Labute approximate surface area is 153 Å². The number of aromatic nitrogens is 1. The van der Waals surface area contributed by atoms with Crippen LogP contribution in [-0.2, 0) is 16.1 Å². The Morgan fingerprint density at radius 2 is 1.92 bits per heavy atom. The molecule has 3 rings (SSSR count). The Hall–Kier alpha value is -2.73. The fourth-order valence-corrected chi connectivity index (χ4v) is 3.23. The van der Waals surface area contributed by atoms with Crippen LogP contribution in [0.1, 0.15) is 25.3 Å². The van der Waals surface area contributed by atoms with Crippen molar-refractivity contribution >= 4 is 23.2 Å². The lowest BCUT2D eigenvalue weighted by Gasteiger charge is -2.22. The molecule has 1 aliphatic heterocycles. The quantitative estimate of drug-likeness (QED) is 0.868. The summed E-state index contributed by atoms with van der Waals surface area (Å²) in [6.07, 6.45) is 4.98. The topological polar surface area (TPSA) is 65.5 Å². The summed E-state index contributed by atoms with van der Waals surface area (Å²) in [5, 5.41) is 2.90. The largest absolute Gasteiger partial charge is 0.325 e. The summed E-state index contributed by atoms with van der Waals surface area (Å²) in [5.41, 5.74) is 2.73. The van der Waals surface area contributed by atoms with E-state index in [0.29, 0.717) is 19.5 Å². The van der Waals surface area contributed by atoms with Crippen LogP contribution in [0.4, 0.5) is 11.4 Å². The lowest BCUT2D eigenvalue weighted by atomic mass is 10.2. The van der Waals surface area contributed by atoms with Crippen LogP contribution in [0.15, 0.2) is 48.8 Å². The zero-order valence-electron chi connectivity index (χ0n) is 15.2. The first kappa shape index (κ1) is 18.1. The summed E-state index contributed by atoms with van der Waals surface area (Å²) >= 11 is 0. The van der Waals surface area contributed by atoms with Crippen molar-refractivity contribution in [3.8, 4) is 0 Å². The van der Waals surface area contributed by atoms with Crippen molar-refractivity contribution in [3.63, 3.8) is 0 Å². The van der Waals surface area contributed by atoms with E-state index >= 15 is 0 Å². The summed E-state index contributed by atoms with van der Waals surface area (Å²) in [6.45, 7) is 3.04. The molecule has 6 heteroatoms. The summed E-state index contributed by atoms with van der Waals surface area (Å²) in [6, 6.07) is 11.6. The molecule has 1 aromatic carbocycles. The van der Waals surface area contributed by atoms with Gasteiger partial charge in [0.1, 0.15) is 0 Å². The number of anilines is 2. The Morgan fingerprint density at radius 3 is 2.54 bits per heavy atom. The molecule has 136 valence electrons. The number of benzene rings is 1. The summed E-state index contributed by atoms with van der Waals surface area (Å²) in [4.78, 5) is 32.0. The average molecular weight is 352 g/mol. The average Bonchev–Trinajstić information content (AvgIpc) is 2.95. The van der Waals surface area contributed by atoms with Crippen molar-refractivity contribution in [2.45, 2.75) is 32.4 Å². The summed E-state index contributed by atoms with van der Waals surface area (Å²) in [7, 11) is 1.91. The molecule has 2 amide bonds. The van der Waals surface area contributed by atoms with Gasteiger partial charge in [-0.05, 0) is 62.4 Å². The zero-order chi connectivity index (χ0) is 18.5. The maximum absolute atomic E-state index is 12.2. The van der Waals surface area contributed by atoms with Crippen LogP contribution in [0.5, 0.6) is 0 Å². The van der Waals surface area contributed by atoms with Crippen molar-refractivity contribution < 1.29 is 9.59 Å². The van der Waals surface area contributed by atoms with Crippen LogP contribution in [0.25, 0.3) is 0 Å². The van der Waals surface area contributed by atoms with Crippen molar-refractivity contribution in [2.24, 2.45) is 0 Å². The lowest BCUT2D eigenvalue weighted by Crippen LogP contribution is -2.31. The maximum Gasteiger partial charge on any atom is 0.238 e. The minimum atomic E-state index is -0.0695. The summed E-state index contributed by atoms with van der Waals surface area (Å²) < 4.78 is 0. The van der Waals surface area contributed by atoms with Crippen molar-refractivity contribution in [1.82, 2.24) is 9.88 Å². The minimum Gasteiger partial charge on any atom is -0.325 e. The van der Waals surface area contributed by atoms with Crippen LogP contribution in [0, 0.1) is 0 Å². The minimum absolute atomic E-state index is 0.0695. The number of hydrogen-bond acceptors (Lipinski definition) is 4. The van der Waals surface area contributed by atoms with Crippen molar-refractivity contribution in [2.75, 3.05) is 23.8 Å². The third-order valence-corrected chi connectivity index (χ3v) is 4.53. The Balaban J connectivity index is 1.53. The van der Waals surface area contributed by atoms with Gasteiger partial charge in [-0.1, -0.05) is 0 Å². The fourth-order valence-electron chi connectivity index (χ4n) is 3.23. The van der Waals surface area contributed by atoms with Gasteiger partial charge in [0, 0.05) is 42.8 Å². The second-order valence-electron chi connectivity index (χ2n) is 6.77. The predicted molar refractivity (Wildman–Crippen MR) is 102 cm³/mol. The van der Waals surface area contributed by atoms with E-state index in [1.54, 1.807) is 12.4 Å². The number of likely N-dealkylation sites (N-methyl/N-ethyl adjacent to an activating group) is 1. The third kappa shape index (κ3) is 4.46. The van der Waals surface area contributed by atoms with Crippen molar-refractivity contribution in [1.29, 1.82) is 0 Å². The van der Waals surface area contributed by atoms with Gasteiger partial charge in [-0.25, -0.2) is 0 Å². The Kier molecular flexibility index (Phi) is 5.63. The molecule has 1 N–H and O–H groups in total. The van der Waals surface area contributed by atoms with E-state index < -0.39 is 0 Å². The molecule has 1 atom stereocenters. The number of nitrogens with zero attached hydrogens (tertiary/aromatic N) is 3. The van der Waals surface area contributed by atoms with Crippen LogP contribution in [0.2, 0.25) is 0 Å². The molecule has 2 aromatic rings. The lowest BCUT2D eigenvalue weighted by molar-refractivity contribution is -0.118. The van der Waals surface area contributed by atoms with Gasteiger partial charge in [-0.2, -0.15) is 0 Å². The molecule has 0 aliphatic carbocycles. The van der Waals surface area contributed by atoms with E-state index in [1.165, 1.54) is 0 Å². The Bertz CT molecular complexity index is 761. The standard InChI is InChI=1S/C20H24N4O2/c1-15-3-8-20(26)24(15)18-6-4-17(5-7-18)22-19(25)14-23(2)13-16-9-11-21-12-10-16/h4-7,9-12,15H,3,8,13-14H2,1-2H3,(H,22,25).